The first-order chi connectivity index (χ1) is 9.43. The van der Waals surface area contributed by atoms with Crippen molar-refractivity contribution >= 4 is 17.7 Å². The number of nitrogens with zero attached hydrogens (tertiary/aromatic N) is 2. The van der Waals surface area contributed by atoms with E-state index in [0.717, 1.165) is 13.0 Å². The molecule has 1 aromatic heterocycles. The molecule has 1 N–H and O–H groups in total. The molecule has 114 valence electrons. The molecule has 1 amide bonds. The van der Waals surface area contributed by atoms with Gasteiger partial charge in [-0.2, -0.15) is 0 Å². The lowest BCUT2D eigenvalue weighted by Crippen LogP contribution is -2.26. The number of aromatic nitrogens is 2. The van der Waals surface area contributed by atoms with Crippen molar-refractivity contribution in [2.45, 2.75) is 64.0 Å². The Hall–Kier alpha value is -1.04. The third kappa shape index (κ3) is 6.41. The Morgan fingerprint density at radius 3 is 2.60 bits per heavy atom. The van der Waals surface area contributed by atoms with Gasteiger partial charge in [-0.3, -0.25) is 4.79 Å². The van der Waals surface area contributed by atoms with Gasteiger partial charge in [0.15, 0.2) is 0 Å². The van der Waals surface area contributed by atoms with Crippen LogP contribution in [0.1, 0.15) is 59.3 Å². The summed E-state index contributed by atoms with van der Waals surface area (Å²) in [5.41, 5.74) is -0.159. The van der Waals surface area contributed by atoms with Crippen molar-refractivity contribution in [3.8, 4) is 0 Å². The Labute approximate surface area is 125 Å². The lowest BCUT2D eigenvalue weighted by Gasteiger charge is -2.10. The molecule has 0 aromatic carbocycles. The third-order valence-corrected chi connectivity index (χ3v) is 3.55. The molecule has 0 atom stereocenters. The molecule has 0 bridgehead atoms. The summed E-state index contributed by atoms with van der Waals surface area (Å²) in [4.78, 5) is 11.6. The highest BCUT2D eigenvalue weighted by molar-refractivity contribution is 7.99. The largest absolute Gasteiger partial charge is 0.415 e. The van der Waals surface area contributed by atoms with Crippen molar-refractivity contribution < 1.29 is 9.21 Å². The van der Waals surface area contributed by atoms with Crippen LogP contribution in [0.15, 0.2) is 9.64 Å². The second-order valence-electron chi connectivity index (χ2n) is 5.82. The second kappa shape index (κ2) is 8.29. The molecule has 1 aromatic rings. The average Bonchev–Trinajstić information content (AvgIpc) is 2.85. The van der Waals surface area contributed by atoms with E-state index in [1.807, 2.05) is 20.8 Å². The van der Waals surface area contributed by atoms with Crippen molar-refractivity contribution in [3.05, 3.63) is 5.89 Å². The van der Waals surface area contributed by atoms with Gasteiger partial charge < -0.3 is 9.73 Å². The smallest absolute Gasteiger partial charge is 0.277 e. The third-order valence-electron chi connectivity index (χ3n) is 2.73. The van der Waals surface area contributed by atoms with Crippen LogP contribution in [0.5, 0.6) is 0 Å². The minimum Gasteiger partial charge on any atom is -0.415 e. The van der Waals surface area contributed by atoms with E-state index in [1.54, 1.807) is 0 Å². The zero-order chi connectivity index (χ0) is 15.0. The lowest BCUT2D eigenvalue weighted by atomic mass is 9.97. The van der Waals surface area contributed by atoms with E-state index >= 15 is 0 Å². The number of carbonyl (C=O) groups is 1. The summed E-state index contributed by atoms with van der Waals surface area (Å²) in [6.07, 6.45) is 4.64. The van der Waals surface area contributed by atoms with Crippen LogP contribution in [0, 0.1) is 0 Å². The number of amides is 1. The maximum Gasteiger partial charge on any atom is 0.277 e. The molecule has 1 rings (SSSR count). The Balaban J connectivity index is 2.22. The van der Waals surface area contributed by atoms with Crippen molar-refractivity contribution in [2.75, 3.05) is 12.3 Å². The Kier molecular flexibility index (Phi) is 7.05. The van der Waals surface area contributed by atoms with Crippen LogP contribution in [0.3, 0.4) is 0 Å². The summed E-state index contributed by atoms with van der Waals surface area (Å²) in [5.74, 6) is 0.932. The monoisotopic (exact) mass is 299 g/mol. The van der Waals surface area contributed by atoms with E-state index in [9.17, 15) is 4.79 Å². The standard InChI is InChI=1S/C14H25N3O2S/c1-5-6-7-8-9-15-11(18)10-20-13-17-16-12(19-13)14(2,3)4/h5-10H2,1-4H3,(H,15,18). The van der Waals surface area contributed by atoms with Gasteiger partial charge in [0.05, 0.1) is 5.75 Å². The lowest BCUT2D eigenvalue weighted by molar-refractivity contribution is -0.118. The Morgan fingerprint density at radius 2 is 2.00 bits per heavy atom. The fraction of sp³-hybridized carbons (Fsp3) is 0.786. The summed E-state index contributed by atoms with van der Waals surface area (Å²) in [7, 11) is 0. The number of carbonyl (C=O) groups excluding carboxylic acids is 1. The number of rotatable bonds is 8. The summed E-state index contributed by atoms with van der Waals surface area (Å²) in [5, 5.41) is 11.3. The highest BCUT2D eigenvalue weighted by Crippen LogP contribution is 2.24. The van der Waals surface area contributed by atoms with Crippen LogP contribution in [0.4, 0.5) is 0 Å². The van der Waals surface area contributed by atoms with Gasteiger partial charge in [0.2, 0.25) is 11.8 Å². The molecular formula is C14H25N3O2S. The van der Waals surface area contributed by atoms with Gasteiger partial charge in [-0.15, -0.1) is 10.2 Å². The number of nitrogens with one attached hydrogen (secondary N) is 1. The zero-order valence-corrected chi connectivity index (χ0v) is 13.7. The predicted octanol–water partition coefficient (Wildman–Crippen LogP) is 3.16. The fourth-order valence-electron chi connectivity index (χ4n) is 1.53. The van der Waals surface area contributed by atoms with E-state index in [-0.39, 0.29) is 11.3 Å². The molecule has 0 fully saturated rings. The maximum atomic E-state index is 11.6. The van der Waals surface area contributed by atoms with Gasteiger partial charge in [-0.1, -0.05) is 58.7 Å². The molecule has 0 radical (unpaired) electrons. The van der Waals surface area contributed by atoms with Crippen LogP contribution in [-0.2, 0) is 10.2 Å². The molecule has 6 heteroatoms. The molecule has 0 saturated heterocycles. The van der Waals surface area contributed by atoms with Crippen LogP contribution in [0.2, 0.25) is 0 Å². The number of thioether (sulfide) groups is 1. The molecule has 0 aliphatic heterocycles. The minimum atomic E-state index is -0.159. The van der Waals surface area contributed by atoms with Gasteiger partial charge >= 0.3 is 0 Å². The van der Waals surface area contributed by atoms with Gasteiger partial charge in [0.1, 0.15) is 0 Å². The van der Waals surface area contributed by atoms with Crippen molar-refractivity contribution in [1.29, 1.82) is 0 Å². The summed E-state index contributed by atoms with van der Waals surface area (Å²) >= 11 is 1.28. The quantitative estimate of drug-likeness (QED) is 0.590. The number of hydrogen-bond acceptors (Lipinski definition) is 5. The second-order valence-corrected chi connectivity index (χ2v) is 6.75. The van der Waals surface area contributed by atoms with Crippen LogP contribution in [0.25, 0.3) is 0 Å². The minimum absolute atomic E-state index is 0.0157. The van der Waals surface area contributed by atoms with Gasteiger partial charge in [0.25, 0.3) is 5.22 Å². The fourth-order valence-corrected chi connectivity index (χ4v) is 2.12. The first kappa shape index (κ1) is 17.0. The summed E-state index contributed by atoms with van der Waals surface area (Å²) in [6, 6.07) is 0. The van der Waals surface area contributed by atoms with E-state index in [2.05, 4.69) is 22.4 Å². The Morgan fingerprint density at radius 1 is 1.25 bits per heavy atom. The summed E-state index contributed by atoms with van der Waals surface area (Å²) < 4.78 is 5.52. The highest BCUT2D eigenvalue weighted by atomic mass is 32.2. The van der Waals surface area contributed by atoms with E-state index in [0.29, 0.717) is 16.9 Å². The van der Waals surface area contributed by atoms with Gasteiger partial charge in [-0.05, 0) is 6.42 Å². The van der Waals surface area contributed by atoms with Gasteiger partial charge in [-0.25, -0.2) is 0 Å². The topological polar surface area (TPSA) is 68.0 Å². The van der Waals surface area contributed by atoms with Crippen LogP contribution < -0.4 is 5.32 Å². The molecule has 0 aliphatic rings. The number of unbranched alkanes of at least 4 members (excludes halogenated alkanes) is 3. The first-order valence-corrected chi connectivity index (χ1v) is 8.15. The number of hydrogen-bond donors (Lipinski definition) is 1. The summed E-state index contributed by atoms with van der Waals surface area (Å²) in [6.45, 7) is 8.95. The molecule has 0 spiro atoms. The van der Waals surface area contributed by atoms with Gasteiger partial charge in [0, 0.05) is 12.0 Å². The molecular weight excluding hydrogens is 274 g/mol. The van der Waals surface area contributed by atoms with Crippen LogP contribution >= 0.6 is 11.8 Å². The molecule has 20 heavy (non-hydrogen) atoms. The molecule has 5 nitrogen and oxygen atoms in total. The average molecular weight is 299 g/mol. The van der Waals surface area contributed by atoms with E-state index in [4.69, 9.17) is 4.42 Å². The van der Waals surface area contributed by atoms with Crippen molar-refractivity contribution in [2.24, 2.45) is 0 Å². The van der Waals surface area contributed by atoms with Crippen molar-refractivity contribution in [1.82, 2.24) is 15.5 Å². The maximum absolute atomic E-state index is 11.6. The SMILES string of the molecule is CCCCCCNC(=O)CSc1nnc(C(C)(C)C)o1. The van der Waals surface area contributed by atoms with E-state index < -0.39 is 0 Å². The predicted molar refractivity (Wildman–Crippen MR) is 80.9 cm³/mol. The molecule has 0 unspecified atom stereocenters. The first-order valence-electron chi connectivity index (χ1n) is 7.17. The van der Waals surface area contributed by atoms with Crippen molar-refractivity contribution in [3.63, 3.8) is 0 Å². The van der Waals surface area contributed by atoms with E-state index in [1.165, 1.54) is 31.0 Å². The molecule has 1 heterocycles. The molecule has 0 aliphatic carbocycles. The molecule has 0 saturated carbocycles. The normalized spacial score (nSPS) is 11.6. The Bertz CT molecular complexity index is 413. The highest BCUT2D eigenvalue weighted by Gasteiger charge is 2.21. The zero-order valence-electron chi connectivity index (χ0n) is 12.9. The van der Waals surface area contributed by atoms with Crippen LogP contribution in [-0.4, -0.2) is 28.4 Å².